The molecule has 0 saturated carbocycles. The molecule has 0 aliphatic heterocycles. The van der Waals surface area contributed by atoms with Gasteiger partial charge in [0.25, 0.3) is 0 Å². The van der Waals surface area contributed by atoms with Gasteiger partial charge in [0.15, 0.2) is 0 Å². The first-order valence-electron chi connectivity index (χ1n) is 10.6. The maximum Gasteiger partial charge on any atom is 0.323 e. The maximum atomic E-state index is 12.5. The van der Waals surface area contributed by atoms with Gasteiger partial charge in [-0.15, -0.1) is 0 Å². The standard InChI is InChI=1S/C26H22N6O/c27-15-17-4-1-7-21(12-17)29-26(33)30-22-8-2-5-18(13-22)19-9-10-23-24(14-19)31-32-25(23)20-6-3-11-28-16-20/h1-14,16H,15,27H2,(H,31,32)(H2,29,30,33). The summed E-state index contributed by atoms with van der Waals surface area (Å²) in [6.45, 7) is 0.420. The van der Waals surface area contributed by atoms with E-state index in [1.165, 1.54) is 0 Å². The third-order valence-electron chi connectivity index (χ3n) is 5.37. The Morgan fingerprint density at radius 1 is 0.848 bits per heavy atom. The van der Waals surface area contributed by atoms with Crippen LogP contribution in [0, 0.1) is 0 Å². The number of benzene rings is 3. The summed E-state index contributed by atoms with van der Waals surface area (Å²) in [7, 11) is 0. The molecule has 5 rings (SSSR count). The topological polar surface area (TPSA) is 109 Å². The summed E-state index contributed by atoms with van der Waals surface area (Å²) in [5.74, 6) is 0. The van der Waals surface area contributed by atoms with Gasteiger partial charge in [0, 0.05) is 41.3 Å². The van der Waals surface area contributed by atoms with Crippen molar-refractivity contribution in [3.8, 4) is 22.4 Å². The van der Waals surface area contributed by atoms with Crippen LogP contribution >= 0.6 is 0 Å². The fraction of sp³-hybridized carbons (Fsp3) is 0.0385. The molecule has 2 heterocycles. The minimum absolute atomic E-state index is 0.313. The smallest absolute Gasteiger partial charge is 0.323 e. The van der Waals surface area contributed by atoms with Crippen LogP contribution in [0.25, 0.3) is 33.3 Å². The van der Waals surface area contributed by atoms with E-state index in [1.807, 2.05) is 66.7 Å². The number of nitrogens with zero attached hydrogens (tertiary/aromatic N) is 2. The first-order valence-corrected chi connectivity index (χ1v) is 10.6. The quantitative estimate of drug-likeness (QED) is 0.297. The number of aromatic nitrogens is 3. The van der Waals surface area contributed by atoms with Gasteiger partial charge in [-0.1, -0.05) is 30.3 Å². The number of H-pyrrole nitrogens is 1. The molecule has 0 saturated heterocycles. The zero-order valence-corrected chi connectivity index (χ0v) is 17.7. The molecule has 5 N–H and O–H groups in total. The highest BCUT2D eigenvalue weighted by atomic mass is 16.2. The van der Waals surface area contributed by atoms with Crippen LogP contribution in [0.5, 0.6) is 0 Å². The zero-order valence-electron chi connectivity index (χ0n) is 17.7. The molecule has 7 heteroatoms. The Kier molecular flexibility index (Phi) is 5.53. The van der Waals surface area contributed by atoms with E-state index in [9.17, 15) is 4.79 Å². The van der Waals surface area contributed by atoms with Gasteiger partial charge >= 0.3 is 6.03 Å². The van der Waals surface area contributed by atoms with Gasteiger partial charge < -0.3 is 16.4 Å². The molecule has 162 valence electrons. The number of hydrogen-bond donors (Lipinski definition) is 4. The Balaban J connectivity index is 1.36. The van der Waals surface area contributed by atoms with Gasteiger partial charge in [-0.25, -0.2) is 4.79 Å². The average Bonchev–Trinajstić information content (AvgIpc) is 3.28. The summed E-state index contributed by atoms with van der Waals surface area (Å²) in [4.78, 5) is 16.7. The fourth-order valence-corrected chi connectivity index (χ4v) is 3.77. The molecule has 5 aromatic rings. The number of aromatic amines is 1. The average molecular weight is 435 g/mol. The number of fused-ring (bicyclic) bond motifs is 1. The second kappa shape index (κ2) is 8.94. The van der Waals surface area contributed by atoms with Crippen molar-refractivity contribution in [1.29, 1.82) is 0 Å². The predicted octanol–water partition coefficient (Wildman–Crippen LogP) is 5.39. The lowest BCUT2D eigenvalue weighted by molar-refractivity contribution is 0.262. The Morgan fingerprint density at radius 2 is 1.61 bits per heavy atom. The third-order valence-corrected chi connectivity index (χ3v) is 5.37. The molecule has 7 nitrogen and oxygen atoms in total. The molecule has 33 heavy (non-hydrogen) atoms. The molecule has 0 aliphatic rings. The number of carbonyl (C=O) groups excluding carboxylic acids is 1. The van der Waals surface area contributed by atoms with Crippen LogP contribution in [0.4, 0.5) is 16.2 Å². The summed E-state index contributed by atoms with van der Waals surface area (Å²) in [5.41, 5.74) is 12.8. The normalized spacial score (nSPS) is 10.8. The number of urea groups is 1. The number of anilines is 2. The Morgan fingerprint density at radius 3 is 2.39 bits per heavy atom. The van der Waals surface area contributed by atoms with E-state index in [2.05, 4.69) is 37.9 Å². The van der Waals surface area contributed by atoms with Gasteiger partial charge in [0.2, 0.25) is 0 Å². The van der Waals surface area contributed by atoms with E-state index in [4.69, 9.17) is 5.73 Å². The highest BCUT2D eigenvalue weighted by Gasteiger charge is 2.10. The van der Waals surface area contributed by atoms with Crippen molar-refractivity contribution < 1.29 is 4.79 Å². The lowest BCUT2D eigenvalue weighted by atomic mass is 10.0. The molecule has 0 atom stereocenters. The van der Waals surface area contributed by atoms with Crippen molar-refractivity contribution in [3.05, 3.63) is 96.8 Å². The first kappa shape index (κ1) is 20.4. The number of rotatable bonds is 5. The molecule has 0 radical (unpaired) electrons. The van der Waals surface area contributed by atoms with Crippen molar-refractivity contribution >= 4 is 28.3 Å². The first-order chi connectivity index (χ1) is 16.2. The fourth-order valence-electron chi connectivity index (χ4n) is 3.77. The highest BCUT2D eigenvalue weighted by Crippen LogP contribution is 2.30. The Labute approximate surface area is 190 Å². The van der Waals surface area contributed by atoms with Gasteiger partial charge in [0.05, 0.1) is 5.52 Å². The van der Waals surface area contributed by atoms with Crippen LogP contribution in [0.1, 0.15) is 5.56 Å². The minimum Gasteiger partial charge on any atom is -0.326 e. The maximum absolute atomic E-state index is 12.5. The summed E-state index contributed by atoms with van der Waals surface area (Å²) < 4.78 is 0. The van der Waals surface area contributed by atoms with Gasteiger partial charge in [-0.05, 0) is 65.2 Å². The Hall–Kier alpha value is -4.49. The van der Waals surface area contributed by atoms with Gasteiger partial charge in [-0.2, -0.15) is 5.10 Å². The molecule has 0 bridgehead atoms. The van der Waals surface area contributed by atoms with Crippen molar-refractivity contribution in [2.45, 2.75) is 6.54 Å². The number of nitrogens with one attached hydrogen (secondary N) is 3. The van der Waals surface area contributed by atoms with E-state index in [0.717, 1.165) is 38.9 Å². The zero-order chi connectivity index (χ0) is 22.6. The van der Waals surface area contributed by atoms with Crippen LogP contribution in [-0.2, 0) is 6.54 Å². The molecular weight excluding hydrogens is 412 g/mol. The summed E-state index contributed by atoms with van der Waals surface area (Å²) in [6.07, 6.45) is 3.55. The van der Waals surface area contributed by atoms with Gasteiger partial charge in [0.1, 0.15) is 5.69 Å². The number of pyridine rings is 1. The lowest BCUT2D eigenvalue weighted by Gasteiger charge is -2.10. The van der Waals surface area contributed by atoms with E-state index in [1.54, 1.807) is 12.4 Å². The van der Waals surface area contributed by atoms with Crippen molar-refractivity contribution in [3.63, 3.8) is 0 Å². The number of nitrogens with two attached hydrogens (primary N) is 1. The molecule has 0 spiro atoms. The summed E-state index contributed by atoms with van der Waals surface area (Å²) >= 11 is 0. The molecule has 0 fully saturated rings. The van der Waals surface area contributed by atoms with E-state index in [-0.39, 0.29) is 6.03 Å². The number of carbonyl (C=O) groups is 1. The van der Waals surface area contributed by atoms with Crippen LogP contribution in [0.2, 0.25) is 0 Å². The third kappa shape index (κ3) is 4.44. The van der Waals surface area contributed by atoms with E-state index in [0.29, 0.717) is 17.9 Å². The van der Waals surface area contributed by atoms with Crippen molar-refractivity contribution in [1.82, 2.24) is 15.2 Å². The number of amides is 2. The van der Waals surface area contributed by atoms with Crippen LogP contribution in [0.3, 0.4) is 0 Å². The van der Waals surface area contributed by atoms with Crippen LogP contribution in [-0.4, -0.2) is 21.2 Å². The van der Waals surface area contributed by atoms with Gasteiger partial charge in [-0.3, -0.25) is 10.1 Å². The molecule has 2 aromatic heterocycles. The second-order valence-electron chi connectivity index (χ2n) is 7.64. The second-order valence-corrected chi connectivity index (χ2v) is 7.64. The molecule has 0 unspecified atom stereocenters. The summed E-state index contributed by atoms with van der Waals surface area (Å²) in [6, 6.07) is 24.9. The predicted molar refractivity (Wildman–Crippen MR) is 132 cm³/mol. The SMILES string of the molecule is NCc1cccc(NC(=O)Nc2cccc(-c3ccc4c(-c5cccnc5)n[nH]c4c3)c2)c1. The van der Waals surface area contributed by atoms with Crippen molar-refractivity contribution in [2.24, 2.45) is 5.73 Å². The minimum atomic E-state index is -0.313. The monoisotopic (exact) mass is 434 g/mol. The van der Waals surface area contributed by atoms with E-state index >= 15 is 0 Å². The highest BCUT2D eigenvalue weighted by molar-refractivity contribution is 6.00. The lowest BCUT2D eigenvalue weighted by Crippen LogP contribution is -2.19. The number of hydrogen-bond acceptors (Lipinski definition) is 4. The molecular formula is C26H22N6O. The molecule has 2 amide bonds. The molecule has 0 aliphatic carbocycles. The largest absolute Gasteiger partial charge is 0.326 e. The van der Waals surface area contributed by atoms with Crippen molar-refractivity contribution in [2.75, 3.05) is 10.6 Å². The molecule has 3 aromatic carbocycles. The van der Waals surface area contributed by atoms with E-state index < -0.39 is 0 Å². The Bertz CT molecular complexity index is 1430. The van der Waals surface area contributed by atoms with Crippen LogP contribution < -0.4 is 16.4 Å². The van der Waals surface area contributed by atoms with Crippen LogP contribution in [0.15, 0.2) is 91.3 Å². The summed E-state index contributed by atoms with van der Waals surface area (Å²) in [5, 5.41) is 14.3.